The molecule has 1 aromatic heterocycles. The Morgan fingerprint density at radius 3 is 1.60 bits per heavy atom. The first kappa shape index (κ1) is 22.7. The molecule has 0 N–H and O–H groups in total. The maximum absolute atomic E-state index is 4.60. The summed E-state index contributed by atoms with van der Waals surface area (Å²) in [6, 6.07) is 0. The van der Waals surface area contributed by atoms with Crippen molar-refractivity contribution in [3.8, 4) is 0 Å². The minimum atomic E-state index is 0.869. The van der Waals surface area contributed by atoms with Crippen molar-refractivity contribution in [2.45, 2.75) is 123 Å². The molecule has 0 bridgehead atoms. The molecule has 3 heteroatoms. The molecule has 0 saturated carbocycles. The van der Waals surface area contributed by atoms with E-state index in [2.05, 4.69) is 46.3 Å². The Labute approximate surface area is 165 Å². The van der Waals surface area contributed by atoms with Gasteiger partial charge in [0.05, 0.1) is 11.1 Å². The van der Waals surface area contributed by atoms with Crippen LogP contribution in [0.1, 0.15) is 114 Å². The van der Waals surface area contributed by atoms with Crippen molar-refractivity contribution in [1.29, 1.82) is 0 Å². The van der Waals surface area contributed by atoms with Gasteiger partial charge in [-0.3, -0.25) is 0 Å². The Morgan fingerprint density at radius 2 is 1.16 bits per heavy atom. The third-order valence-electron chi connectivity index (χ3n) is 5.35. The molecule has 0 amide bonds. The molecule has 0 aromatic carbocycles. The molecule has 0 aliphatic rings. The number of imidazole rings is 1. The van der Waals surface area contributed by atoms with Gasteiger partial charge in [0.1, 0.15) is 5.82 Å². The third kappa shape index (κ3) is 9.82. The lowest BCUT2D eigenvalue weighted by molar-refractivity contribution is 0.534. The van der Waals surface area contributed by atoms with Crippen molar-refractivity contribution in [1.82, 2.24) is 9.55 Å². The van der Waals surface area contributed by atoms with Gasteiger partial charge in [0.2, 0.25) is 0 Å². The minimum absolute atomic E-state index is 0.869. The highest BCUT2D eigenvalue weighted by molar-refractivity contribution is 9.08. The molecular weight excluding hydrogens is 372 g/mol. The van der Waals surface area contributed by atoms with Crippen LogP contribution < -0.4 is 0 Å². The molecular formula is C22H41BrN2. The van der Waals surface area contributed by atoms with Gasteiger partial charge in [-0.2, -0.15) is 0 Å². The van der Waals surface area contributed by atoms with Gasteiger partial charge in [0, 0.05) is 5.69 Å². The fraction of sp³-hybridized carbons (Fsp3) is 0.864. The quantitative estimate of drug-likeness (QED) is 0.199. The van der Waals surface area contributed by atoms with Crippen LogP contribution in [0.4, 0.5) is 0 Å². The third-order valence-corrected chi connectivity index (χ3v) is 5.85. The summed E-state index contributed by atoms with van der Waals surface area (Å²) < 4.78 is 2.30. The van der Waals surface area contributed by atoms with Gasteiger partial charge >= 0.3 is 0 Å². The van der Waals surface area contributed by atoms with E-state index in [1.54, 1.807) is 0 Å². The molecule has 25 heavy (non-hydrogen) atoms. The van der Waals surface area contributed by atoms with Gasteiger partial charge in [0.25, 0.3) is 0 Å². The zero-order chi connectivity index (χ0) is 18.3. The number of hydrogen-bond acceptors (Lipinski definition) is 1. The van der Waals surface area contributed by atoms with Crippen LogP contribution in [0.2, 0.25) is 0 Å². The number of alkyl halides is 1. The summed E-state index contributed by atoms with van der Waals surface area (Å²) in [5.41, 5.74) is 3.51. The minimum Gasteiger partial charge on any atom is -0.322 e. The molecule has 1 rings (SSSR count). The van der Waals surface area contributed by atoms with Crippen LogP contribution in [0.3, 0.4) is 0 Å². The van der Waals surface area contributed by atoms with Crippen molar-refractivity contribution in [3.05, 3.63) is 17.2 Å². The second kappa shape index (κ2) is 14.8. The summed E-state index contributed by atoms with van der Waals surface area (Å²) >= 11 is 3.58. The summed E-state index contributed by atoms with van der Waals surface area (Å²) in [6.45, 7) is 6.54. The van der Waals surface area contributed by atoms with Crippen LogP contribution in [0, 0.1) is 13.8 Å². The van der Waals surface area contributed by atoms with E-state index in [4.69, 9.17) is 0 Å². The highest BCUT2D eigenvalue weighted by Gasteiger charge is 2.09. The second-order valence-corrected chi connectivity index (χ2v) is 8.09. The summed E-state index contributed by atoms with van der Waals surface area (Å²) in [6.07, 6.45) is 21.1. The first-order valence-corrected chi connectivity index (χ1v) is 11.9. The maximum atomic E-state index is 4.60. The predicted molar refractivity (Wildman–Crippen MR) is 115 cm³/mol. The van der Waals surface area contributed by atoms with E-state index in [1.807, 2.05) is 0 Å². The van der Waals surface area contributed by atoms with Gasteiger partial charge in [-0.25, -0.2) is 4.98 Å². The van der Waals surface area contributed by atoms with Crippen molar-refractivity contribution in [2.75, 3.05) is 0 Å². The molecule has 0 radical (unpaired) electrons. The normalized spacial score (nSPS) is 11.4. The highest BCUT2D eigenvalue weighted by atomic mass is 79.9. The molecule has 0 aliphatic heterocycles. The number of aryl methyl sites for hydroxylation is 2. The SMILES string of the molecule is CCCCCCCCCCCCCCCCc1c(C)nc(C)n1CBr. The average Bonchev–Trinajstić information content (AvgIpc) is 2.88. The molecule has 0 aliphatic carbocycles. The molecule has 0 unspecified atom stereocenters. The highest BCUT2D eigenvalue weighted by Crippen LogP contribution is 2.17. The Kier molecular flexibility index (Phi) is 13.5. The average molecular weight is 413 g/mol. The van der Waals surface area contributed by atoms with Gasteiger partial charge in [-0.1, -0.05) is 106 Å². The fourth-order valence-electron chi connectivity index (χ4n) is 3.72. The van der Waals surface area contributed by atoms with E-state index in [0.717, 1.165) is 11.3 Å². The van der Waals surface area contributed by atoms with Crippen LogP contribution in [-0.2, 0) is 11.9 Å². The lowest BCUT2D eigenvalue weighted by Gasteiger charge is -2.07. The number of unbranched alkanes of at least 4 members (excludes halogenated alkanes) is 13. The molecule has 146 valence electrons. The number of rotatable bonds is 16. The summed E-state index contributed by atoms with van der Waals surface area (Å²) in [5.74, 6) is 1.13. The van der Waals surface area contributed by atoms with E-state index >= 15 is 0 Å². The monoisotopic (exact) mass is 412 g/mol. The summed E-state index contributed by atoms with van der Waals surface area (Å²) in [4.78, 5) is 4.60. The van der Waals surface area contributed by atoms with E-state index in [1.165, 1.54) is 108 Å². The van der Waals surface area contributed by atoms with E-state index in [-0.39, 0.29) is 0 Å². The number of aromatic nitrogens is 2. The molecule has 0 fully saturated rings. The zero-order valence-corrected chi connectivity index (χ0v) is 18.7. The maximum Gasteiger partial charge on any atom is 0.106 e. The van der Waals surface area contributed by atoms with Gasteiger partial charge in [-0.15, -0.1) is 0 Å². The van der Waals surface area contributed by atoms with E-state index in [9.17, 15) is 0 Å². The smallest absolute Gasteiger partial charge is 0.106 e. The molecule has 0 spiro atoms. The zero-order valence-electron chi connectivity index (χ0n) is 17.1. The first-order chi connectivity index (χ1) is 12.2. The van der Waals surface area contributed by atoms with Crippen molar-refractivity contribution < 1.29 is 0 Å². The predicted octanol–water partition coefficient (Wildman–Crippen LogP) is 7.88. The molecule has 2 nitrogen and oxygen atoms in total. The largest absolute Gasteiger partial charge is 0.322 e. The van der Waals surface area contributed by atoms with E-state index < -0.39 is 0 Å². The summed E-state index contributed by atoms with van der Waals surface area (Å²) in [5, 5.41) is 0. The van der Waals surface area contributed by atoms with E-state index in [0.29, 0.717) is 0 Å². The Hall–Kier alpha value is -0.310. The Morgan fingerprint density at radius 1 is 0.720 bits per heavy atom. The lowest BCUT2D eigenvalue weighted by Crippen LogP contribution is -2.02. The molecule has 0 saturated heterocycles. The number of nitrogens with zero attached hydrogens (tertiary/aromatic N) is 2. The first-order valence-electron chi connectivity index (χ1n) is 10.8. The van der Waals surface area contributed by atoms with Crippen molar-refractivity contribution in [3.63, 3.8) is 0 Å². The van der Waals surface area contributed by atoms with Crippen molar-refractivity contribution >= 4 is 15.9 Å². The lowest BCUT2D eigenvalue weighted by atomic mass is 10.0. The van der Waals surface area contributed by atoms with Gasteiger partial charge in [-0.05, 0) is 26.7 Å². The second-order valence-electron chi connectivity index (χ2n) is 7.58. The number of halogens is 1. The Bertz CT molecular complexity index is 439. The standard InChI is InChI=1S/C22H41BrN2/c1-4-5-6-7-8-9-10-11-12-13-14-15-16-17-18-22-20(2)24-21(3)25(22)19-23/h4-19H2,1-3H3. The molecule has 1 aromatic rings. The summed E-state index contributed by atoms with van der Waals surface area (Å²) in [7, 11) is 0. The van der Waals surface area contributed by atoms with Crippen molar-refractivity contribution in [2.24, 2.45) is 0 Å². The number of hydrogen-bond donors (Lipinski definition) is 0. The van der Waals surface area contributed by atoms with Crippen LogP contribution >= 0.6 is 15.9 Å². The molecule has 0 atom stereocenters. The van der Waals surface area contributed by atoms with Crippen LogP contribution in [-0.4, -0.2) is 9.55 Å². The van der Waals surface area contributed by atoms with Gasteiger partial charge < -0.3 is 4.57 Å². The van der Waals surface area contributed by atoms with Crippen LogP contribution in [0.5, 0.6) is 0 Å². The van der Waals surface area contributed by atoms with Gasteiger partial charge in [0.15, 0.2) is 0 Å². The Balaban J connectivity index is 1.91. The van der Waals surface area contributed by atoms with Crippen LogP contribution in [0.15, 0.2) is 0 Å². The topological polar surface area (TPSA) is 17.8 Å². The van der Waals surface area contributed by atoms with Crippen LogP contribution in [0.25, 0.3) is 0 Å². The fourth-order valence-corrected chi connectivity index (χ4v) is 4.39. The molecule has 1 heterocycles.